The second-order valence-corrected chi connectivity index (χ2v) is 3.98. The van der Waals surface area contributed by atoms with Gasteiger partial charge in [0.25, 0.3) is 0 Å². The van der Waals surface area contributed by atoms with Crippen molar-refractivity contribution in [1.82, 2.24) is 9.97 Å². The molecule has 1 aromatic heterocycles. The minimum atomic E-state index is 0.169. The highest BCUT2D eigenvalue weighted by Crippen LogP contribution is 2.10. The van der Waals surface area contributed by atoms with Gasteiger partial charge in [0.2, 0.25) is 5.95 Å². The monoisotopic (exact) mass is 259 g/mol. The van der Waals surface area contributed by atoms with Gasteiger partial charge < -0.3 is 21.5 Å². The number of anilines is 3. The normalized spacial score (nSPS) is 10.1. The zero-order chi connectivity index (χ0) is 13.5. The summed E-state index contributed by atoms with van der Waals surface area (Å²) in [7, 11) is 0. The number of hydrogen-bond acceptors (Lipinski definition) is 6. The van der Waals surface area contributed by atoms with Crippen LogP contribution < -0.4 is 21.5 Å². The Labute approximate surface area is 111 Å². The van der Waals surface area contributed by atoms with E-state index in [0.717, 1.165) is 18.7 Å². The summed E-state index contributed by atoms with van der Waals surface area (Å²) in [5.74, 6) is 2.03. The number of para-hydroxylation sites is 1. The number of nitrogens with zero attached hydrogens (tertiary/aromatic N) is 2. The van der Waals surface area contributed by atoms with Crippen molar-refractivity contribution in [2.24, 2.45) is 0 Å². The SMILES string of the molecule is Nc1cc(NCCCOc2ccccc2)nc(N)n1. The Kier molecular flexibility index (Phi) is 4.39. The lowest BCUT2D eigenvalue weighted by molar-refractivity contribution is 0.315. The van der Waals surface area contributed by atoms with E-state index in [1.54, 1.807) is 6.07 Å². The van der Waals surface area contributed by atoms with Crippen molar-refractivity contribution in [3.8, 4) is 5.75 Å². The maximum atomic E-state index is 5.57. The quantitative estimate of drug-likeness (QED) is 0.680. The van der Waals surface area contributed by atoms with Crippen LogP contribution >= 0.6 is 0 Å². The Hall–Kier alpha value is -2.50. The van der Waals surface area contributed by atoms with Crippen molar-refractivity contribution in [3.05, 3.63) is 36.4 Å². The maximum Gasteiger partial charge on any atom is 0.223 e. The van der Waals surface area contributed by atoms with Crippen molar-refractivity contribution >= 4 is 17.6 Å². The van der Waals surface area contributed by atoms with Gasteiger partial charge in [-0.2, -0.15) is 9.97 Å². The third kappa shape index (κ3) is 4.34. The molecule has 0 atom stereocenters. The molecule has 1 heterocycles. The molecule has 100 valence electrons. The molecular weight excluding hydrogens is 242 g/mol. The summed E-state index contributed by atoms with van der Waals surface area (Å²) >= 11 is 0. The molecule has 0 fully saturated rings. The summed E-state index contributed by atoms with van der Waals surface area (Å²) in [5.41, 5.74) is 11.1. The minimum absolute atomic E-state index is 0.169. The third-order valence-corrected chi connectivity index (χ3v) is 2.40. The van der Waals surface area contributed by atoms with Gasteiger partial charge in [-0.15, -0.1) is 0 Å². The highest BCUT2D eigenvalue weighted by Gasteiger charge is 1.99. The van der Waals surface area contributed by atoms with Crippen LogP contribution in [0.2, 0.25) is 0 Å². The first kappa shape index (κ1) is 12.9. The fraction of sp³-hybridized carbons (Fsp3) is 0.231. The van der Waals surface area contributed by atoms with Crippen LogP contribution in [0.4, 0.5) is 17.6 Å². The summed E-state index contributed by atoms with van der Waals surface area (Å²) in [6, 6.07) is 11.4. The number of nitrogens with one attached hydrogen (secondary N) is 1. The van der Waals surface area contributed by atoms with E-state index in [4.69, 9.17) is 16.2 Å². The van der Waals surface area contributed by atoms with Gasteiger partial charge >= 0.3 is 0 Å². The largest absolute Gasteiger partial charge is 0.494 e. The van der Waals surface area contributed by atoms with E-state index in [1.165, 1.54) is 0 Å². The van der Waals surface area contributed by atoms with Gasteiger partial charge in [-0.25, -0.2) is 0 Å². The molecule has 0 spiro atoms. The Morgan fingerprint density at radius 2 is 1.89 bits per heavy atom. The zero-order valence-corrected chi connectivity index (χ0v) is 10.5. The van der Waals surface area contributed by atoms with Crippen LogP contribution in [0, 0.1) is 0 Å². The van der Waals surface area contributed by atoms with Gasteiger partial charge in [0.1, 0.15) is 17.4 Å². The average molecular weight is 259 g/mol. The van der Waals surface area contributed by atoms with Crippen molar-refractivity contribution in [2.45, 2.75) is 6.42 Å². The predicted octanol–water partition coefficient (Wildman–Crippen LogP) is 1.52. The van der Waals surface area contributed by atoms with E-state index >= 15 is 0 Å². The van der Waals surface area contributed by atoms with Crippen LogP contribution in [0.1, 0.15) is 6.42 Å². The lowest BCUT2D eigenvalue weighted by atomic mass is 10.3. The molecule has 0 radical (unpaired) electrons. The summed E-state index contributed by atoms with van der Waals surface area (Å²) in [6.45, 7) is 1.36. The first-order valence-corrected chi connectivity index (χ1v) is 6.06. The molecule has 2 rings (SSSR count). The van der Waals surface area contributed by atoms with Crippen LogP contribution in [-0.2, 0) is 0 Å². The molecule has 0 bridgehead atoms. The van der Waals surface area contributed by atoms with Crippen molar-refractivity contribution in [3.63, 3.8) is 0 Å². The number of nitrogen functional groups attached to an aromatic ring is 2. The third-order valence-electron chi connectivity index (χ3n) is 2.40. The smallest absolute Gasteiger partial charge is 0.223 e. The molecule has 0 aliphatic carbocycles. The number of rotatable bonds is 6. The van der Waals surface area contributed by atoms with Crippen LogP contribution in [0.3, 0.4) is 0 Å². The highest BCUT2D eigenvalue weighted by molar-refractivity contribution is 5.48. The summed E-state index contributed by atoms with van der Waals surface area (Å²) < 4.78 is 5.57. The van der Waals surface area contributed by atoms with E-state index in [9.17, 15) is 0 Å². The van der Waals surface area contributed by atoms with E-state index in [2.05, 4.69) is 15.3 Å². The molecule has 2 aromatic rings. The van der Waals surface area contributed by atoms with Gasteiger partial charge in [-0.1, -0.05) is 18.2 Å². The predicted molar refractivity (Wildman–Crippen MR) is 75.9 cm³/mol. The number of nitrogens with two attached hydrogens (primary N) is 2. The van der Waals surface area contributed by atoms with Gasteiger partial charge in [0.05, 0.1) is 6.61 Å². The molecule has 0 unspecified atom stereocenters. The van der Waals surface area contributed by atoms with Crippen LogP contribution in [0.25, 0.3) is 0 Å². The molecule has 1 aromatic carbocycles. The van der Waals surface area contributed by atoms with E-state index in [-0.39, 0.29) is 5.95 Å². The molecule has 0 aliphatic rings. The minimum Gasteiger partial charge on any atom is -0.494 e. The van der Waals surface area contributed by atoms with Gasteiger partial charge in [-0.05, 0) is 18.6 Å². The molecule has 0 amide bonds. The Morgan fingerprint density at radius 1 is 1.11 bits per heavy atom. The highest BCUT2D eigenvalue weighted by atomic mass is 16.5. The molecular formula is C13H17N5O. The molecule has 0 saturated heterocycles. The van der Waals surface area contributed by atoms with Gasteiger partial charge in [0.15, 0.2) is 0 Å². The Bertz CT molecular complexity index is 497. The molecule has 19 heavy (non-hydrogen) atoms. The fourth-order valence-electron chi connectivity index (χ4n) is 1.57. The van der Waals surface area contributed by atoms with Crippen LogP contribution in [0.15, 0.2) is 36.4 Å². The second-order valence-electron chi connectivity index (χ2n) is 3.98. The molecule has 6 heteroatoms. The summed E-state index contributed by atoms with van der Waals surface area (Å²) in [5, 5.41) is 3.12. The summed E-state index contributed by atoms with van der Waals surface area (Å²) in [6.07, 6.45) is 0.846. The van der Waals surface area contributed by atoms with Crippen molar-refractivity contribution in [1.29, 1.82) is 0 Å². The maximum absolute atomic E-state index is 5.57. The zero-order valence-electron chi connectivity index (χ0n) is 10.5. The first-order valence-electron chi connectivity index (χ1n) is 6.06. The first-order chi connectivity index (χ1) is 9.24. The molecule has 5 N–H and O–H groups in total. The Morgan fingerprint density at radius 3 is 2.63 bits per heavy atom. The van der Waals surface area contributed by atoms with Crippen molar-refractivity contribution in [2.75, 3.05) is 29.9 Å². The lowest BCUT2D eigenvalue weighted by Gasteiger charge is -2.08. The molecule has 6 nitrogen and oxygen atoms in total. The molecule has 0 aliphatic heterocycles. The number of aromatic nitrogens is 2. The van der Waals surface area contributed by atoms with Gasteiger partial charge in [-0.3, -0.25) is 0 Å². The van der Waals surface area contributed by atoms with E-state index < -0.39 is 0 Å². The lowest BCUT2D eigenvalue weighted by Crippen LogP contribution is -2.10. The summed E-state index contributed by atoms with van der Waals surface area (Å²) in [4.78, 5) is 7.82. The van der Waals surface area contributed by atoms with E-state index in [0.29, 0.717) is 18.2 Å². The molecule has 0 saturated carbocycles. The Balaban J connectivity index is 1.69. The van der Waals surface area contributed by atoms with Crippen LogP contribution in [0.5, 0.6) is 5.75 Å². The second kappa shape index (κ2) is 6.44. The van der Waals surface area contributed by atoms with Crippen molar-refractivity contribution < 1.29 is 4.74 Å². The van der Waals surface area contributed by atoms with Gasteiger partial charge in [0, 0.05) is 12.6 Å². The standard InChI is InChI=1S/C13H17N5O/c14-11-9-12(18-13(15)17-11)16-7-4-8-19-10-5-2-1-3-6-10/h1-3,5-6,9H,4,7-8H2,(H5,14,15,16,17,18). The van der Waals surface area contributed by atoms with Crippen LogP contribution in [-0.4, -0.2) is 23.1 Å². The topological polar surface area (TPSA) is 99.1 Å². The number of benzene rings is 1. The van der Waals surface area contributed by atoms with E-state index in [1.807, 2.05) is 30.3 Å². The number of hydrogen-bond donors (Lipinski definition) is 3. The average Bonchev–Trinajstić information content (AvgIpc) is 2.38. The number of ether oxygens (including phenoxy) is 1. The fourth-order valence-corrected chi connectivity index (χ4v) is 1.57.